The van der Waals surface area contributed by atoms with Crippen molar-refractivity contribution in [2.45, 2.75) is 13.3 Å². The first-order valence-corrected chi connectivity index (χ1v) is 5.72. The van der Waals surface area contributed by atoms with Crippen molar-refractivity contribution in [3.8, 4) is 11.1 Å². The van der Waals surface area contributed by atoms with Crippen LogP contribution in [-0.2, 0) is 13.5 Å². The Morgan fingerprint density at radius 3 is 2.67 bits per heavy atom. The van der Waals surface area contributed by atoms with E-state index >= 15 is 0 Å². The van der Waals surface area contributed by atoms with E-state index in [4.69, 9.17) is 5.73 Å². The van der Waals surface area contributed by atoms with Crippen LogP contribution in [0.5, 0.6) is 0 Å². The fourth-order valence-corrected chi connectivity index (χ4v) is 2.03. The third-order valence-corrected chi connectivity index (χ3v) is 2.99. The molecule has 0 fully saturated rings. The normalized spacial score (nSPS) is 10.9. The van der Waals surface area contributed by atoms with Gasteiger partial charge < -0.3 is 5.73 Å². The average molecular weight is 251 g/mol. The van der Waals surface area contributed by atoms with Gasteiger partial charge in [-0.3, -0.25) is 4.68 Å². The molecule has 0 aliphatic heterocycles. The van der Waals surface area contributed by atoms with Gasteiger partial charge in [-0.25, -0.2) is 8.78 Å². The minimum Gasteiger partial charge on any atom is -0.330 e. The summed E-state index contributed by atoms with van der Waals surface area (Å²) >= 11 is 0. The largest absolute Gasteiger partial charge is 0.330 e. The number of aryl methyl sites for hydroxylation is 1. The predicted molar refractivity (Wildman–Crippen MR) is 66.1 cm³/mol. The van der Waals surface area contributed by atoms with Crippen molar-refractivity contribution in [3.05, 3.63) is 41.2 Å². The van der Waals surface area contributed by atoms with Crippen molar-refractivity contribution >= 4 is 0 Å². The van der Waals surface area contributed by atoms with Crippen LogP contribution in [0.15, 0.2) is 18.2 Å². The zero-order valence-corrected chi connectivity index (χ0v) is 10.4. The summed E-state index contributed by atoms with van der Waals surface area (Å²) in [6, 6.07) is 3.57. The van der Waals surface area contributed by atoms with E-state index in [2.05, 4.69) is 5.10 Å². The number of rotatable bonds is 3. The van der Waals surface area contributed by atoms with Crippen molar-refractivity contribution < 1.29 is 8.78 Å². The second kappa shape index (κ2) is 4.86. The zero-order chi connectivity index (χ0) is 13.3. The average Bonchev–Trinajstić information content (AvgIpc) is 2.57. The maximum absolute atomic E-state index is 13.8. The second-order valence-corrected chi connectivity index (χ2v) is 4.19. The maximum atomic E-state index is 13.8. The summed E-state index contributed by atoms with van der Waals surface area (Å²) < 4.78 is 28.5. The lowest BCUT2D eigenvalue weighted by Gasteiger charge is -2.05. The molecule has 1 aromatic carbocycles. The van der Waals surface area contributed by atoms with Gasteiger partial charge in [0.25, 0.3) is 0 Å². The van der Waals surface area contributed by atoms with Crippen LogP contribution in [0.1, 0.15) is 11.4 Å². The third-order valence-electron chi connectivity index (χ3n) is 2.99. The van der Waals surface area contributed by atoms with Crippen LogP contribution in [-0.4, -0.2) is 16.3 Å². The van der Waals surface area contributed by atoms with Gasteiger partial charge in [-0.15, -0.1) is 0 Å². The molecule has 0 amide bonds. The van der Waals surface area contributed by atoms with Crippen LogP contribution >= 0.6 is 0 Å². The van der Waals surface area contributed by atoms with Crippen molar-refractivity contribution in [2.75, 3.05) is 6.54 Å². The van der Waals surface area contributed by atoms with Crippen molar-refractivity contribution in [1.82, 2.24) is 9.78 Å². The van der Waals surface area contributed by atoms with E-state index in [1.54, 1.807) is 11.7 Å². The molecule has 5 heteroatoms. The Kier molecular flexibility index (Phi) is 3.43. The van der Waals surface area contributed by atoms with Crippen LogP contribution in [0.25, 0.3) is 11.1 Å². The quantitative estimate of drug-likeness (QED) is 0.908. The van der Waals surface area contributed by atoms with E-state index in [-0.39, 0.29) is 0 Å². The SMILES string of the molecule is Cc1c(-c2ccc(F)cc2F)c(CCN)nn1C. The highest BCUT2D eigenvalue weighted by Crippen LogP contribution is 2.29. The lowest BCUT2D eigenvalue weighted by Crippen LogP contribution is -2.04. The minimum absolute atomic E-state index is 0.366. The molecule has 0 aliphatic carbocycles. The van der Waals surface area contributed by atoms with Gasteiger partial charge in [-0.1, -0.05) is 0 Å². The Hall–Kier alpha value is -1.75. The highest BCUT2D eigenvalue weighted by atomic mass is 19.1. The molecule has 0 unspecified atom stereocenters. The third kappa shape index (κ3) is 2.13. The molecule has 0 atom stereocenters. The number of aromatic nitrogens is 2. The first-order valence-electron chi connectivity index (χ1n) is 5.72. The molecule has 0 aliphatic rings. The van der Waals surface area contributed by atoms with Crippen LogP contribution in [0, 0.1) is 18.6 Å². The van der Waals surface area contributed by atoms with Gasteiger partial charge >= 0.3 is 0 Å². The molecule has 1 aromatic heterocycles. The fraction of sp³-hybridized carbons (Fsp3) is 0.308. The molecule has 0 radical (unpaired) electrons. The maximum Gasteiger partial charge on any atom is 0.134 e. The molecule has 0 saturated heterocycles. The molecule has 0 spiro atoms. The number of halogens is 2. The van der Waals surface area contributed by atoms with Gasteiger partial charge in [-0.2, -0.15) is 5.10 Å². The lowest BCUT2D eigenvalue weighted by atomic mass is 10.0. The smallest absolute Gasteiger partial charge is 0.134 e. The summed E-state index contributed by atoms with van der Waals surface area (Å²) in [5.41, 5.74) is 8.18. The van der Waals surface area contributed by atoms with Gasteiger partial charge in [0.05, 0.1) is 5.69 Å². The number of hydrogen-bond donors (Lipinski definition) is 1. The lowest BCUT2D eigenvalue weighted by molar-refractivity contribution is 0.585. The molecule has 18 heavy (non-hydrogen) atoms. The Morgan fingerprint density at radius 1 is 1.33 bits per heavy atom. The molecule has 2 N–H and O–H groups in total. The van der Waals surface area contributed by atoms with Gasteiger partial charge in [0.1, 0.15) is 11.6 Å². The fourth-order valence-electron chi connectivity index (χ4n) is 2.03. The number of hydrogen-bond acceptors (Lipinski definition) is 2. The summed E-state index contributed by atoms with van der Waals surface area (Å²) in [7, 11) is 1.79. The molecular formula is C13H15F2N3. The second-order valence-electron chi connectivity index (χ2n) is 4.19. The number of benzene rings is 1. The molecule has 0 saturated carbocycles. The van der Waals surface area contributed by atoms with E-state index in [9.17, 15) is 8.78 Å². The van der Waals surface area contributed by atoms with Gasteiger partial charge in [0, 0.05) is 36.4 Å². The number of nitrogens with zero attached hydrogens (tertiary/aromatic N) is 2. The predicted octanol–water partition coefficient (Wildman–Crippen LogP) is 2.17. The Morgan fingerprint density at radius 2 is 2.06 bits per heavy atom. The molecule has 96 valence electrons. The minimum atomic E-state index is -0.585. The molecule has 3 nitrogen and oxygen atoms in total. The molecular weight excluding hydrogens is 236 g/mol. The van der Waals surface area contributed by atoms with Crippen molar-refractivity contribution in [3.63, 3.8) is 0 Å². The first kappa shape index (κ1) is 12.7. The summed E-state index contributed by atoms with van der Waals surface area (Å²) in [4.78, 5) is 0. The van der Waals surface area contributed by atoms with E-state index in [1.807, 2.05) is 6.92 Å². The van der Waals surface area contributed by atoms with Gasteiger partial charge in [-0.05, 0) is 25.6 Å². The highest BCUT2D eigenvalue weighted by molar-refractivity contribution is 5.69. The van der Waals surface area contributed by atoms with E-state index in [1.165, 1.54) is 12.1 Å². The summed E-state index contributed by atoms with van der Waals surface area (Å²) in [6.07, 6.45) is 0.563. The molecule has 1 heterocycles. The Bertz CT molecular complexity index is 576. The highest BCUT2D eigenvalue weighted by Gasteiger charge is 2.17. The zero-order valence-electron chi connectivity index (χ0n) is 10.4. The van der Waals surface area contributed by atoms with Gasteiger partial charge in [0.15, 0.2) is 0 Å². The Labute approximate surface area is 104 Å². The van der Waals surface area contributed by atoms with E-state index in [0.29, 0.717) is 24.1 Å². The number of nitrogens with two attached hydrogens (primary N) is 1. The van der Waals surface area contributed by atoms with Crippen molar-refractivity contribution in [1.29, 1.82) is 0 Å². The monoisotopic (exact) mass is 251 g/mol. The van der Waals surface area contributed by atoms with Crippen LogP contribution in [0.4, 0.5) is 8.78 Å². The van der Waals surface area contributed by atoms with Crippen LogP contribution in [0.3, 0.4) is 0 Å². The standard InChI is InChI=1S/C13H15F2N3/c1-8-13(12(5-6-16)17-18(8)2)10-4-3-9(14)7-11(10)15/h3-4,7H,5-6,16H2,1-2H3. The van der Waals surface area contributed by atoms with Gasteiger partial charge in [0.2, 0.25) is 0 Å². The molecule has 0 bridgehead atoms. The van der Waals surface area contributed by atoms with E-state index in [0.717, 1.165) is 17.5 Å². The molecule has 2 aromatic rings. The van der Waals surface area contributed by atoms with E-state index < -0.39 is 11.6 Å². The van der Waals surface area contributed by atoms with Crippen LogP contribution in [0.2, 0.25) is 0 Å². The Balaban J connectivity index is 2.62. The molecule has 2 rings (SSSR count). The summed E-state index contributed by atoms with van der Waals surface area (Å²) in [5, 5.41) is 4.32. The summed E-state index contributed by atoms with van der Waals surface area (Å²) in [6.45, 7) is 2.29. The summed E-state index contributed by atoms with van der Waals surface area (Å²) in [5.74, 6) is -1.16. The van der Waals surface area contributed by atoms with Crippen molar-refractivity contribution in [2.24, 2.45) is 12.8 Å². The first-order chi connectivity index (χ1) is 8.54. The topological polar surface area (TPSA) is 43.8 Å². The van der Waals surface area contributed by atoms with Crippen LogP contribution < -0.4 is 5.73 Å².